The summed E-state index contributed by atoms with van der Waals surface area (Å²) in [5, 5.41) is 0. The van der Waals surface area contributed by atoms with Gasteiger partial charge in [-0.15, -0.1) is 0 Å². The molecule has 6 nitrogen and oxygen atoms in total. The van der Waals surface area contributed by atoms with E-state index in [1.807, 2.05) is 0 Å². The Morgan fingerprint density at radius 1 is 0.514 bits per heavy atom. The van der Waals surface area contributed by atoms with E-state index in [9.17, 15) is 0 Å². The molecular formula is C29H54Cl2N4O2. The lowest BCUT2D eigenvalue weighted by Gasteiger charge is -2.03. The molecule has 0 spiro atoms. The van der Waals surface area contributed by atoms with Crippen molar-refractivity contribution in [2.45, 2.75) is 137 Å². The molecule has 37 heavy (non-hydrogen) atoms. The van der Waals surface area contributed by atoms with Gasteiger partial charge in [0.25, 0.3) is 0 Å². The highest BCUT2D eigenvalue weighted by atomic mass is 35.5. The van der Waals surface area contributed by atoms with Crippen molar-refractivity contribution < 1.29 is 43.4 Å². The molecular weight excluding hydrogens is 507 g/mol. The summed E-state index contributed by atoms with van der Waals surface area (Å²) in [5.41, 5.74) is 0. The zero-order valence-corrected chi connectivity index (χ0v) is 25.2. The van der Waals surface area contributed by atoms with E-state index in [-0.39, 0.29) is 24.8 Å². The molecule has 0 amide bonds. The van der Waals surface area contributed by atoms with Crippen LogP contribution >= 0.6 is 0 Å². The lowest BCUT2D eigenvalue weighted by molar-refractivity contribution is -0.733. The lowest BCUT2D eigenvalue weighted by atomic mass is 10.1. The second-order valence-corrected chi connectivity index (χ2v) is 10.0. The van der Waals surface area contributed by atoms with Crippen LogP contribution in [0.4, 0.5) is 0 Å². The molecule has 2 rings (SSSR count). The van der Waals surface area contributed by atoms with Crippen LogP contribution in [0.15, 0.2) is 37.4 Å². The zero-order chi connectivity index (χ0) is 24.8. The monoisotopic (exact) mass is 560 g/mol. The first-order valence-corrected chi connectivity index (χ1v) is 14.6. The molecule has 2 aromatic heterocycles. The zero-order valence-electron chi connectivity index (χ0n) is 23.7. The van der Waals surface area contributed by atoms with E-state index >= 15 is 0 Å². The highest BCUT2D eigenvalue weighted by molar-refractivity contribution is 4.66. The minimum atomic E-state index is 0. The second kappa shape index (κ2) is 25.2. The van der Waals surface area contributed by atoms with Gasteiger partial charge < -0.3 is 34.3 Å². The summed E-state index contributed by atoms with van der Waals surface area (Å²) >= 11 is 0. The van der Waals surface area contributed by atoms with Gasteiger partial charge in [0, 0.05) is 0 Å². The molecule has 0 aliphatic carbocycles. The molecule has 0 bridgehead atoms. The number of rotatable bonds is 24. The standard InChI is InChI=1S/C29H54N4O2.2ClH/c1-3-5-7-9-11-13-15-18-30-20-22-32(26-30)28-34-24-17-25-35-29-33-23-21-31(27-33)19-16-14-12-10-8-6-4-2;;/h20-23,26-27H,3-19,24-25,28-29H2,1-2H3;2*1H/q+2;;/p-2. The number of aryl methyl sites for hydroxylation is 2. The van der Waals surface area contributed by atoms with Crippen LogP contribution in [0.3, 0.4) is 0 Å². The molecule has 0 saturated carbocycles. The molecule has 0 atom stereocenters. The van der Waals surface area contributed by atoms with Gasteiger partial charge in [-0.2, -0.15) is 0 Å². The summed E-state index contributed by atoms with van der Waals surface area (Å²) in [6.07, 6.45) is 32.7. The first-order chi connectivity index (χ1) is 17.3. The third kappa shape index (κ3) is 18.8. The number of unbranched alkanes of at least 4 members (excludes halogenated alkanes) is 12. The van der Waals surface area contributed by atoms with Crippen LogP contribution in [0.25, 0.3) is 0 Å². The van der Waals surface area contributed by atoms with Gasteiger partial charge >= 0.3 is 0 Å². The quantitative estimate of drug-likeness (QED) is 0.138. The number of nitrogens with zero attached hydrogens (tertiary/aromatic N) is 4. The largest absolute Gasteiger partial charge is 1.00 e. The van der Waals surface area contributed by atoms with E-state index in [0.717, 1.165) is 32.7 Å². The first kappa shape index (κ1) is 35.9. The Morgan fingerprint density at radius 2 is 0.892 bits per heavy atom. The number of hydrogen-bond acceptors (Lipinski definition) is 2. The molecule has 0 aliphatic rings. The Kier molecular flexibility index (Phi) is 24.5. The predicted molar refractivity (Wildman–Crippen MR) is 142 cm³/mol. The molecule has 0 N–H and O–H groups in total. The molecule has 0 unspecified atom stereocenters. The second-order valence-electron chi connectivity index (χ2n) is 10.0. The van der Waals surface area contributed by atoms with Gasteiger partial charge in [-0.3, -0.25) is 0 Å². The fraction of sp³-hybridized carbons (Fsp3) is 0.793. The molecule has 0 fully saturated rings. The average molecular weight is 562 g/mol. The minimum absolute atomic E-state index is 0. The summed E-state index contributed by atoms with van der Waals surface area (Å²) in [4.78, 5) is 0. The van der Waals surface area contributed by atoms with Crippen LogP contribution in [0.2, 0.25) is 0 Å². The minimum Gasteiger partial charge on any atom is -1.00 e. The number of halogens is 2. The van der Waals surface area contributed by atoms with Gasteiger partial charge in [0.1, 0.15) is 24.8 Å². The van der Waals surface area contributed by atoms with Gasteiger partial charge in [-0.05, 0) is 32.1 Å². The van der Waals surface area contributed by atoms with Crippen LogP contribution in [-0.4, -0.2) is 22.3 Å². The maximum atomic E-state index is 5.81. The Balaban J connectivity index is 0.00000648. The summed E-state index contributed by atoms with van der Waals surface area (Å²) in [6.45, 7) is 9.42. The number of imidazole rings is 2. The van der Waals surface area contributed by atoms with Gasteiger partial charge in [-0.1, -0.05) is 78.1 Å². The van der Waals surface area contributed by atoms with Crippen molar-refractivity contribution >= 4 is 0 Å². The summed E-state index contributed by atoms with van der Waals surface area (Å²) in [5.74, 6) is 0. The van der Waals surface area contributed by atoms with Crippen LogP contribution in [-0.2, 0) is 36.0 Å². The Morgan fingerprint density at radius 3 is 1.30 bits per heavy atom. The van der Waals surface area contributed by atoms with Gasteiger partial charge in [0.15, 0.2) is 13.5 Å². The Hall–Kier alpha value is -1.08. The van der Waals surface area contributed by atoms with Crippen molar-refractivity contribution in [2.75, 3.05) is 13.2 Å². The number of hydrogen-bond donors (Lipinski definition) is 0. The van der Waals surface area contributed by atoms with Crippen molar-refractivity contribution in [2.24, 2.45) is 0 Å². The molecule has 2 heterocycles. The number of aromatic nitrogens is 4. The van der Waals surface area contributed by atoms with Gasteiger partial charge in [0.2, 0.25) is 12.7 Å². The van der Waals surface area contributed by atoms with Gasteiger partial charge in [-0.25, -0.2) is 18.3 Å². The molecule has 0 saturated heterocycles. The average Bonchev–Trinajstić information content (AvgIpc) is 3.52. The van der Waals surface area contributed by atoms with Crippen molar-refractivity contribution in [1.29, 1.82) is 0 Å². The SMILES string of the molecule is CCCCCCCCCn1cc[n+](COCCCOC[n+]2ccn(CCCCCCCCC)c2)c1.[Cl-].[Cl-]. The van der Waals surface area contributed by atoms with Gasteiger partial charge in [0.05, 0.1) is 26.3 Å². The lowest BCUT2D eigenvalue weighted by Crippen LogP contribution is -3.00. The predicted octanol–water partition coefficient (Wildman–Crippen LogP) is 0.412. The van der Waals surface area contributed by atoms with Crippen molar-refractivity contribution in [1.82, 2.24) is 9.13 Å². The van der Waals surface area contributed by atoms with E-state index in [0.29, 0.717) is 13.5 Å². The highest BCUT2D eigenvalue weighted by Crippen LogP contribution is 2.08. The third-order valence-corrected chi connectivity index (χ3v) is 6.59. The van der Waals surface area contributed by atoms with Crippen LogP contribution < -0.4 is 33.9 Å². The Bertz CT molecular complexity index is 679. The molecule has 0 aromatic carbocycles. The third-order valence-electron chi connectivity index (χ3n) is 6.59. The highest BCUT2D eigenvalue weighted by Gasteiger charge is 2.05. The smallest absolute Gasteiger partial charge is 0.245 e. The molecule has 216 valence electrons. The fourth-order valence-electron chi connectivity index (χ4n) is 4.40. The molecule has 8 heteroatoms. The van der Waals surface area contributed by atoms with E-state index < -0.39 is 0 Å². The summed E-state index contributed by atoms with van der Waals surface area (Å²) < 4.78 is 20.4. The van der Waals surface area contributed by atoms with E-state index in [4.69, 9.17) is 9.47 Å². The Labute approximate surface area is 239 Å². The maximum Gasteiger partial charge on any atom is 0.245 e. The first-order valence-electron chi connectivity index (χ1n) is 14.6. The summed E-state index contributed by atoms with van der Waals surface area (Å²) in [7, 11) is 0. The van der Waals surface area contributed by atoms with Crippen LogP contribution in [0, 0.1) is 0 Å². The molecule has 2 aromatic rings. The maximum absolute atomic E-state index is 5.81. The van der Waals surface area contributed by atoms with Crippen molar-refractivity contribution in [3.8, 4) is 0 Å². The summed E-state index contributed by atoms with van der Waals surface area (Å²) in [6, 6.07) is 0. The van der Waals surface area contributed by atoms with Crippen LogP contribution in [0.1, 0.15) is 110 Å². The normalized spacial score (nSPS) is 10.9. The fourth-order valence-corrected chi connectivity index (χ4v) is 4.40. The van der Waals surface area contributed by atoms with Crippen molar-refractivity contribution in [3.05, 3.63) is 37.4 Å². The van der Waals surface area contributed by atoms with E-state index in [2.05, 4.69) is 69.6 Å². The van der Waals surface area contributed by atoms with Crippen LogP contribution in [0.5, 0.6) is 0 Å². The van der Waals surface area contributed by atoms with Crippen molar-refractivity contribution in [3.63, 3.8) is 0 Å². The topological polar surface area (TPSA) is 36.1 Å². The number of ether oxygens (including phenoxy) is 2. The van der Waals surface area contributed by atoms with E-state index in [1.54, 1.807) is 0 Å². The van der Waals surface area contributed by atoms with E-state index in [1.165, 1.54) is 89.9 Å². The molecule has 0 radical (unpaired) electrons. The molecule has 0 aliphatic heterocycles.